The number of aliphatic hydroxyl groups excluding tert-OH is 1. The highest BCUT2D eigenvalue weighted by Gasteiger charge is 2.27. The molecule has 3 heteroatoms. The summed E-state index contributed by atoms with van der Waals surface area (Å²) in [6.45, 7) is 7.97. The number of anilines is 1. The SMILES string of the molecule is Cc1cc(C(O)C(C)(C)C)cc2c1NC(=O)C2. The van der Waals surface area contributed by atoms with Crippen LogP contribution in [0.4, 0.5) is 5.69 Å². The van der Waals surface area contributed by atoms with Crippen molar-refractivity contribution >= 4 is 11.6 Å². The lowest BCUT2D eigenvalue weighted by atomic mass is 9.83. The van der Waals surface area contributed by atoms with Gasteiger partial charge in [0.25, 0.3) is 0 Å². The van der Waals surface area contributed by atoms with Crippen molar-refractivity contribution in [1.82, 2.24) is 0 Å². The molecule has 1 aliphatic heterocycles. The second-order valence-electron chi connectivity index (χ2n) is 5.87. The van der Waals surface area contributed by atoms with E-state index < -0.39 is 6.10 Å². The van der Waals surface area contributed by atoms with Gasteiger partial charge in [0.2, 0.25) is 5.91 Å². The number of fused-ring (bicyclic) bond motifs is 1. The number of hydrogen-bond acceptors (Lipinski definition) is 2. The summed E-state index contributed by atoms with van der Waals surface area (Å²) in [7, 11) is 0. The number of benzene rings is 1. The van der Waals surface area contributed by atoms with Crippen LogP contribution in [0.5, 0.6) is 0 Å². The summed E-state index contributed by atoms with van der Waals surface area (Å²) in [5.41, 5.74) is 3.63. The number of carbonyl (C=O) groups is 1. The average Bonchev–Trinajstić information content (AvgIpc) is 2.56. The molecule has 2 rings (SSSR count). The lowest BCUT2D eigenvalue weighted by Crippen LogP contribution is -2.18. The molecule has 1 aromatic carbocycles. The lowest BCUT2D eigenvalue weighted by molar-refractivity contribution is -0.115. The fourth-order valence-corrected chi connectivity index (χ4v) is 2.22. The lowest BCUT2D eigenvalue weighted by Gasteiger charge is -2.27. The molecule has 0 aliphatic carbocycles. The number of aliphatic hydroxyl groups is 1. The minimum atomic E-state index is -0.512. The normalized spacial score (nSPS) is 16.6. The van der Waals surface area contributed by atoms with Crippen LogP contribution < -0.4 is 5.32 Å². The fraction of sp³-hybridized carbons (Fsp3) is 0.500. The molecule has 2 N–H and O–H groups in total. The molecule has 0 saturated heterocycles. The Morgan fingerprint density at radius 3 is 2.59 bits per heavy atom. The summed E-state index contributed by atoms with van der Waals surface area (Å²) in [5, 5.41) is 13.1. The van der Waals surface area contributed by atoms with Crippen molar-refractivity contribution in [3.05, 3.63) is 28.8 Å². The van der Waals surface area contributed by atoms with Crippen molar-refractivity contribution in [3.63, 3.8) is 0 Å². The van der Waals surface area contributed by atoms with Gasteiger partial charge in [0.15, 0.2) is 0 Å². The summed E-state index contributed by atoms with van der Waals surface area (Å²) >= 11 is 0. The smallest absolute Gasteiger partial charge is 0.228 e. The first-order valence-electron chi connectivity index (χ1n) is 5.90. The Morgan fingerprint density at radius 2 is 2.00 bits per heavy atom. The topological polar surface area (TPSA) is 49.3 Å². The molecule has 0 saturated carbocycles. The first-order valence-corrected chi connectivity index (χ1v) is 5.90. The van der Waals surface area contributed by atoms with Crippen molar-refractivity contribution in [2.24, 2.45) is 5.41 Å². The van der Waals surface area contributed by atoms with E-state index in [2.05, 4.69) is 5.32 Å². The predicted octanol–water partition coefficient (Wildman–Crippen LogP) is 2.57. The molecule has 0 radical (unpaired) electrons. The van der Waals surface area contributed by atoms with Crippen LogP contribution in [-0.4, -0.2) is 11.0 Å². The number of nitrogens with one attached hydrogen (secondary N) is 1. The number of aryl methyl sites for hydroxylation is 1. The molecule has 0 spiro atoms. The monoisotopic (exact) mass is 233 g/mol. The summed E-state index contributed by atoms with van der Waals surface area (Å²) in [5.74, 6) is 0.0329. The Morgan fingerprint density at radius 1 is 1.35 bits per heavy atom. The van der Waals surface area contributed by atoms with E-state index in [9.17, 15) is 9.90 Å². The van der Waals surface area contributed by atoms with Gasteiger partial charge in [0, 0.05) is 5.69 Å². The number of rotatable bonds is 1. The van der Waals surface area contributed by atoms with Crippen LogP contribution in [0.2, 0.25) is 0 Å². The maximum absolute atomic E-state index is 11.4. The predicted molar refractivity (Wildman–Crippen MR) is 67.9 cm³/mol. The van der Waals surface area contributed by atoms with E-state index in [4.69, 9.17) is 0 Å². The van der Waals surface area contributed by atoms with Gasteiger partial charge in [-0.15, -0.1) is 0 Å². The van der Waals surface area contributed by atoms with Crippen molar-refractivity contribution in [1.29, 1.82) is 0 Å². The van der Waals surface area contributed by atoms with E-state index in [0.29, 0.717) is 6.42 Å². The van der Waals surface area contributed by atoms with Gasteiger partial charge in [0.1, 0.15) is 0 Å². The van der Waals surface area contributed by atoms with Gasteiger partial charge in [0.05, 0.1) is 12.5 Å². The molecule has 0 fully saturated rings. The Labute approximate surface area is 102 Å². The standard InChI is InChI=1S/C14H19NO2/c1-8-5-10(13(17)14(2,3)4)6-9-7-11(16)15-12(8)9/h5-6,13,17H,7H2,1-4H3,(H,15,16). The molecule has 1 unspecified atom stereocenters. The molecule has 17 heavy (non-hydrogen) atoms. The van der Waals surface area contributed by atoms with Gasteiger partial charge >= 0.3 is 0 Å². The van der Waals surface area contributed by atoms with Gasteiger partial charge in [-0.1, -0.05) is 32.9 Å². The van der Waals surface area contributed by atoms with Crippen LogP contribution in [0.15, 0.2) is 12.1 Å². The van der Waals surface area contributed by atoms with Crippen LogP contribution in [-0.2, 0) is 11.2 Å². The Bertz CT molecular complexity index is 472. The molecule has 1 atom stereocenters. The van der Waals surface area contributed by atoms with E-state index >= 15 is 0 Å². The van der Waals surface area contributed by atoms with Crippen LogP contribution in [0.25, 0.3) is 0 Å². The number of carbonyl (C=O) groups excluding carboxylic acids is 1. The van der Waals surface area contributed by atoms with Gasteiger partial charge in [-0.3, -0.25) is 4.79 Å². The van der Waals surface area contributed by atoms with Gasteiger partial charge < -0.3 is 10.4 Å². The van der Waals surface area contributed by atoms with Crippen LogP contribution in [0.1, 0.15) is 43.6 Å². The quantitative estimate of drug-likeness (QED) is 0.783. The highest BCUT2D eigenvalue weighted by molar-refractivity contribution is 6.00. The maximum Gasteiger partial charge on any atom is 0.228 e. The zero-order valence-corrected chi connectivity index (χ0v) is 10.8. The fourth-order valence-electron chi connectivity index (χ4n) is 2.22. The second-order valence-corrected chi connectivity index (χ2v) is 5.87. The molecule has 1 heterocycles. The molecular weight excluding hydrogens is 214 g/mol. The third-order valence-corrected chi connectivity index (χ3v) is 3.19. The van der Waals surface area contributed by atoms with Crippen molar-refractivity contribution in [3.8, 4) is 0 Å². The Balaban J connectivity index is 2.43. The third-order valence-electron chi connectivity index (χ3n) is 3.19. The van der Waals surface area contributed by atoms with E-state index in [1.807, 2.05) is 39.8 Å². The van der Waals surface area contributed by atoms with E-state index in [1.54, 1.807) is 0 Å². The highest BCUT2D eigenvalue weighted by Crippen LogP contribution is 2.36. The zero-order valence-electron chi connectivity index (χ0n) is 10.8. The molecule has 0 aromatic heterocycles. The summed E-state index contributed by atoms with van der Waals surface area (Å²) < 4.78 is 0. The van der Waals surface area contributed by atoms with Crippen LogP contribution >= 0.6 is 0 Å². The number of amides is 1. The van der Waals surface area contributed by atoms with Crippen molar-refractivity contribution in [2.45, 2.75) is 40.2 Å². The maximum atomic E-state index is 11.4. The highest BCUT2D eigenvalue weighted by atomic mass is 16.3. The van der Waals surface area contributed by atoms with Crippen molar-refractivity contribution in [2.75, 3.05) is 5.32 Å². The van der Waals surface area contributed by atoms with E-state index in [1.165, 1.54) is 0 Å². The molecule has 1 aromatic rings. The molecular formula is C14H19NO2. The largest absolute Gasteiger partial charge is 0.388 e. The Kier molecular flexibility index (Phi) is 2.74. The number of hydrogen-bond donors (Lipinski definition) is 2. The summed E-state index contributed by atoms with van der Waals surface area (Å²) in [4.78, 5) is 11.4. The summed E-state index contributed by atoms with van der Waals surface area (Å²) in [6, 6.07) is 3.90. The molecule has 1 amide bonds. The van der Waals surface area contributed by atoms with Gasteiger partial charge in [-0.2, -0.15) is 0 Å². The van der Waals surface area contributed by atoms with Gasteiger partial charge in [-0.05, 0) is 29.0 Å². The average molecular weight is 233 g/mol. The van der Waals surface area contributed by atoms with E-state index in [0.717, 1.165) is 22.4 Å². The minimum absolute atomic E-state index is 0.0329. The van der Waals surface area contributed by atoms with Crippen molar-refractivity contribution < 1.29 is 9.90 Å². The molecule has 0 bridgehead atoms. The van der Waals surface area contributed by atoms with E-state index in [-0.39, 0.29) is 11.3 Å². The minimum Gasteiger partial charge on any atom is -0.388 e. The molecule has 3 nitrogen and oxygen atoms in total. The molecule has 92 valence electrons. The Hall–Kier alpha value is -1.35. The van der Waals surface area contributed by atoms with Gasteiger partial charge in [-0.25, -0.2) is 0 Å². The van der Waals surface area contributed by atoms with Crippen LogP contribution in [0.3, 0.4) is 0 Å². The summed E-state index contributed by atoms with van der Waals surface area (Å²) in [6.07, 6.45) is -0.0943. The zero-order chi connectivity index (χ0) is 12.8. The first kappa shape index (κ1) is 12.1. The molecule has 1 aliphatic rings. The second kappa shape index (κ2) is 3.84. The third kappa shape index (κ3) is 2.20. The first-order chi connectivity index (χ1) is 7.79. The van der Waals surface area contributed by atoms with Crippen LogP contribution in [0, 0.1) is 12.3 Å².